The number of halogens is 1. The van der Waals surface area contributed by atoms with Crippen molar-refractivity contribution in [3.63, 3.8) is 0 Å². The molecule has 0 saturated carbocycles. The highest BCUT2D eigenvalue weighted by Gasteiger charge is 2.17. The van der Waals surface area contributed by atoms with E-state index in [0.717, 1.165) is 0 Å². The van der Waals surface area contributed by atoms with E-state index in [-0.39, 0.29) is 12.2 Å². The van der Waals surface area contributed by atoms with Crippen molar-refractivity contribution < 1.29 is 9.53 Å². The van der Waals surface area contributed by atoms with E-state index in [1.165, 1.54) is 6.08 Å². The van der Waals surface area contributed by atoms with Gasteiger partial charge in [-0.05, 0) is 12.1 Å². The Morgan fingerprint density at radius 3 is 2.73 bits per heavy atom. The van der Waals surface area contributed by atoms with Crippen LogP contribution in [-0.4, -0.2) is 5.78 Å². The van der Waals surface area contributed by atoms with Gasteiger partial charge in [0.25, 0.3) is 0 Å². The second kappa shape index (κ2) is 3.91. The third-order valence-electron chi connectivity index (χ3n) is 2.06. The van der Waals surface area contributed by atoms with Gasteiger partial charge in [-0.25, -0.2) is 0 Å². The van der Waals surface area contributed by atoms with Gasteiger partial charge in [-0.3, -0.25) is 4.79 Å². The molecule has 1 aromatic rings. The minimum atomic E-state index is -0.0128. The summed E-state index contributed by atoms with van der Waals surface area (Å²) in [5.41, 5.74) is 0.716. The topological polar surface area (TPSA) is 26.3 Å². The Labute approximate surface area is 92.8 Å². The molecule has 0 aromatic heterocycles. The van der Waals surface area contributed by atoms with E-state index in [0.29, 0.717) is 22.1 Å². The van der Waals surface area contributed by atoms with Crippen LogP contribution in [0.1, 0.15) is 12.0 Å². The molecule has 0 aliphatic carbocycles. The van der Waals surface area contributed by atoms with Crippen LogP contribution in [0.5, 0.6) is 0 Å². The Hall–Kier alpha value is -1.54. The van der Waals surface area contributed by atoms with Gasteiger partial charge in [0.05, 0.1) is 11.4 Å². The monoisotopic (exact) mass is 220 g/mol. The molecule has 0 saturated heterocycles. The van der Waals surface area contributed by atoms with Crippen molar-refractivity contribution >= 4 is 23.1 Å². The fourth-order valence-electron chi connectivity index (χ4n) is 1.41. The maximum absolute atomic E-state index is 11.3. The molecule has 1 aromatic carbocycles. The first kappa shape index (κ1) is 9.99. The fourth-order valence-corrected chi connectivity index (χ4v) is 1.64. The summed E-state index contributed by atoms with van der Waals surface area (Å²) < 4.78 is 5.38. The molecule has 2 nitrogen and oxygen atoms in total. The lowest BCUT2D eigenvalue weighted by molar-refractivity contribution is -0.114. The summed E-state index contributed by atoms with van der Waals surface area (Å²) in [5.74, 6) is 0.917. The van der Waals surface area contributed by atoms with Gasteiger partial charge >= 0.3 is 0 Å². The predicted molar refractivity (Wildman–Crippen MR) is 59.3 cm³/mol. The number of ether oxygens (including phenoxy) is 1. The highest BCUT2D eigenvalue weighted by Crippen LogP contribution is 2.29. The van der Waals surface area contributed by atoms with E-state index in [2.05, 4.69) is 6.58 Å². The van der Waals surface area contributed by atoms with Crippen LogP contribution in [0.3, 0.4) is 0 Å². The number of rotatable bonds is 1. The van der Waals surface area contributed by atoms with Crippen LogP contribution >= 0.6 is 11.6 Å². The van der Waals surface area contributed by atoms with Crippen molar-refractivity contribution in [2.45, 2.75) is 6.42 Å². The van der Waals surface area contributed by atoms with E-state index in [1.54, 1.807) is 12.1 Å². The molecule has 2 rings (SSSR count). The minimum absolute atomic E-state index is 0.0128. The summed E-state index contributed by atoms with van der Waals surface area (Å²) in [7, 11) is 0. The fraction of sp³-hybridized carbons (Fsp3) is 0.0833. The second-order valence-electron chi connectivity index (χ2n) is 3.27. The van der Waals surface area contributed by atoms with Gasteiger partial charge in [-0.1, -0.05) is 30.3 Å². The Bertz CT molecular complexity index is 460. The maximum atomic E-state index is 11.3. The van der Waals surface area contributed by atoms with Crippen LogP contribution in [-0.2, 0) is 9.53 Å². The summed E-state index contributed by atoms with van der Waals surface area (Å²) >= 11 is 5.99. The lowest BCUT2D eigenvalue weighted by Gasteiger charge is -2.16. The third-order valence-corrected chi connectivity index (χ3v) is 2.39. The zero-order valence-electron chi connectivity index (χ0n) is 8.00. The van der Waals surface area contributed by atoms with Crippen molar-refractivity contribution in [3.05, 3.63) is 53.3 Å². The summed E-state index contributed by atoms with van der Waals surface area (Å²) in [6, 6.07) is 7.22. The van der Waals surface area contributed by atoms with Crippen molar-refractivity contribution in [3.8, 4) is 0 Å². The molecular formula is C12H9ClO2. The zero-order valence-corrected chi connectivity index (χ0v) is 8.75. The summed E-state index contributed by atoms with van der Waals surface area (Å²) in [5, 5.41) is 0.561. The number of ketones is 1. The van der Waals surface area contributed by atoms with Crippen LogP contribution in [0.4, 0.5) is 0 Å². The Balaban J connectivity index is 2.43. The molecule has 0 radical (unpaired) electrons. The minimum Gasteiger partial charge on any atom is -0.461 e. The van der Waals surface area contributed by atoms with Crippen LogP contribution in [0.15, 0.2) is 42.7 Å². The molecule has 76 valence electrons. The average molecular weight is 221 g/mol. The Morgan fingerprint density at radius 1 is 1.33 bits per heavy atom. The van der Waals surface area contributed by atoms with Gasteiger partial charge in [0, 0.05) is 11.6 Å². The van der Waals surface area contributed by atoms with E-state index in [1.807, 2.05) is 12.1 Å². The molecule has 1 aliphatic heterocycles. The third kappa shape index (κ3) is 2.10. The van der Waals surface area contributed by atoms with Gasteiger partial charge in [-0.2, -0.15) is 0 Å². The van der Waals surface area contributed by atoms with Crippen LogP contribution in [0.25, 0.3) is 5.76 Å². The highest BCUT2D eigenvalue weighted by atomic mass is 35.5. The first-order valence-electron chi connectivity index (χ1n) is 4.52. The second-order valence-corrected chi connectivity index (χ2v) is 3.68. The SMILES string of the molecule is C=C1CC(=O)C=C(c2ccccc2Cl)O1. The van der Waals surface area contributed by atoms with Crippen molar-refractivity contribution in [1.29, 1.82) is 0 Å². The normalized spacial score (nSPS) is 15.9. The first-order chi connectivity index (χ1) is 7.16. The summed E-state index contributed by atoms with van der Waals surface area (Å²) in [6.45, 7) is 3.64. The molecule has 0 unspecified atom stereocenters. The van der Waals surface area contributed by atoms with Gasteiger partial charge in [0.1, 0.15) is 11.5 Å². The van der Waals surface area contributed by atoms with Crippen molar-refractivity contribution in [1.82, 2.24) is 0 Å². The van der Waals surface area contributed by atoms with Gasteiger partial charge in [0.2, 0.25) is 0 Å². The molecule has 0 bridgehead atoms. The molecule has 0 N–H and O–H groups in total. The molecule has 0 amide bonds. The maximum Gasteiger partial charge on any atom is 0.166 e. The number of allylic oxidation sites excluding steroid dienone is 2. The molecule has 0 fully saturated rings. The van der Waals surface area contributed by atoms with E-state index < -0.39 is 0 Å². The lowest BCUT2D eigenvalue weighted by Crippen LogP contribution is -2.07. The molecule has 15 heavy (non-hydrogen) atoms. The van der Waals surface area contributed by atoms with Crippen molar-refractivity contribution in [2.24, 2.45) is 0 Å². The van der Waals surface area contributed by atoms with Gasteiger partial charge in [0.15, 0.2) is 5.78 Å². The predicted octanol–water partition coefficient (Wildman–Crippen LogP) is 3.18. The number of benzene rings is 1. The van der Waals surface area contributed by atoms with E-state index in [4.69, 9.17) is 16.3 Å². The first-order valence-corrected chi connectivity index (χ1v) is 4.89. The number of carbonyl (C=O) groups is 1. The van der Waals surface area contributed by atoms with Crippen LogP contribution < -0.4 is 0 Å². The molecule has 0 atom stereocenters. The quantitative estimate of drug-likeness (QED) is 0.727. The molecular weight excluding hydrogens is 212 g/mol. The van der Waals surface area contributed by atoms with Crippen molar-refractivity contribution in [2.75, 3.05) is 0 Å². The summed E-state index contributed by atoms with van der Waals surface area (Å²) in [6.07, 6.45) is 1.70. The largest absolute Gasteiger partial charge is 0.461 e. The molecule has 0 spiro atoms. The summed E-state index contributed by atoms with van der Waals surface area (Å²) in [4.78, 5) is 11.3. The molecule has 3 heteroatoms. The standard InChI is InChI=1S/C12H9ClO2/c1-8-6-9(14)7-12(15-8)10-4-2-3-5-11(10)13/h2-5,7H,1,6H2. The van der Waals surface area contributed by atoms with Crippen LogP contribution in [0.2, 0.25) is 5.02 Å². The Kier molecular flexibility index (Phi) is 2.60. The number of carbonyl (C=O) groups excluding carboxylic acids is 1. The average Bonchev–Trinajstić information content (AvgIpc) is 2.16. The Morgan fingerprint density at radius 2 is 2.07 bits per heavy atom. The lowest BCUT2D eigenvalue weighted by atomic mass is 10.1. The van der Waals surface area contributed by atoms with Gasteiger partial charge in [-0.15, -0.1) is 0 Å². The molecule has 1 heterocycles. The van der Waals surface area contributed by atoms with Crippen LogP contribution in [0, 0.1) is 0 Å². The zero-order chi connectivity index (χ0) is 10.8. The smallest absolute Gasteiger partial charge is 0.166 e. The highest BCUT2D eigenvalue weighted by molar-refractivity contribution is 6.32. The van der Waals surface area contributed by atoms with E-state index >= 15 is 0 Å². The van der Waals surface area contributed by atoms with E-state index in [9.17, 15) is 4.79 Å². The molecule has 1 aliphatic rings. The number of hydrogen-bond acceptors (Lipinski definition) is 2. The number of hydrogen-bond donors (Lipinski definition) is 0. The van der Waals surface area contributed by atoms with Gasteiger partial charge < -0.3 is 4.74 Å².